The van der Waals surface area contributed by atoms with Crippen molar-refractivity contribution in [1.29, 1.82) is 0 Å². The fraction of sp³-hybridized carbons (Fsp3) is 0.462. The fourth-order valence-electron chi connectivity index (χ4n) is 1.64. The molecule has 0 aliphatic rings. The van der Waals surface area contributed by atoms with E-state index in [1.54, 1.807) is 6.07 Å². The lowest BCUT2D eigenvalue weighted by Crippen LogP contribution is -2.28. The van der Waals surface area contributed by atoms with Gasteiger partial charge in [-0.3, -0.25) is 4.79 Å². The molecule has 0 spiro atoms. The zero-order valence-corrected chi connectivity index (χ0v) is 10.7. The Kier molecular flexibility index (Phi) is 4.51. The number of nitrogens with two attached hydrogens (primary N) is 1. The van der Waals surface area contributed by atoms with Crippen LogP contribution in [0, 0.1) is 18.8 Å². The smallest absolute Gasteiger partial charge is 0.167 e. The average Bonchev–Trinajstić information content (AvgIpc) is 2.22. The Morgan fingerprint density at radius 3 is 2.50 bits per heavy atom. The van der Waals surface area contributed by atoms with Gasteiger partial charge in [0.2, 0.25) is 0 Å². The van der Waals surface area contributed by atoms with Crippen molar-refractivity contribution in [2.75, 3.05) is 6.54 Å². The topological polar surface area (TPSA) is 43.1 Å². The van der Waals surface area contributed by atoms with E-state index in [9.17, 15) is 4.79 Å². The largest absolute Gasteiger partial charge is 0.330 e. The minimum Gasteiger partial charge on any atom is -0.330 e. The highest BCUT2D eigenvalue weighted by molar-refractivity contribution is 6.31. The molecule has 1 rings (SSSR count). The normalized spacial score (nSPS) is 12.9. The van der Waals surface area contributed by atoms with Crippen molar-refractivity contribution < 1.29 is 4.79 Å². The Bertz CT molecular complexity index is 388. The molecule has 1 aromatic carbocycles. The summed E-state index contributed by atoms with van der Waals surface area (Å²) < 4.78 is 0. The number of carbonyl (C=O) groups is 1. The van der Waals surface area contributed by atoms with Gasteiger partial charge in [-0.1, -0.05) is 37.6 Å². The van der Waals surface area contributed by atoms with E-state index < -0.39 is 0 Å². The summed E-state index contributed by atoms with van der Waals surface area (Å²) in [4.78, 5) is 12.1. The Balaban J connectivity index is 2.99. The first-order valence-corrected chi connectivity index (χ1v) is 5.85. The van der Waals surface area contributed by atoms with Gasteiger partial charge >= 0.3 is 0 Å². The highest BCUT2D eigenvalue weighted by Gasteiger charge is 2.22. The van der Waals surface area contributed by atoms with Crippen LogP contribution in [0.1, 0.15) is 29.8 Å². The Morgan fingerprint density at radius 1 is 1.44 bits per heavy atom. The summed E-state index contributed by atoms with van der Waals surface area (Å²) in [6.45, 7) is 6.30. The summed E-state index contributed by atoms with van der Waals surface area (Å²) in [5.41, 5.74) is 7.26. The molecule has 2 nitrogen and oxygen atoms in total. The standard InChI is InChI=1S/C13H18ClNO/c1-8(2)11(7-15)13(16)10-5-4-9(3)12(14)6-10/h4-6,8,11H,7,15H2,1-3H3. The quantitative estimate of drug-likeness (QED) is 0.821. The summed E-state index contributed by atoms with van der Waals surface area (Å²) >= 11 is 6.00. The molecule has 0 bridgehead atoms. The Hall–Kier alpha value is -0.860. The molecule has 0 amide bonds. The van der Waals surface area contributed by atoms with Crippen molar-refractivity contribution in [3.63, 3.8) is 0 Å². The van der Waals surface area contributed by atoms with Gasteiger partial charge in [0, 0.05) is 23.0 Å². The predicted molar refractivity (Wildman–Crippen MR) is 67.9 cm³/mol. The number of hydrogen-bond donors (Lipinski definition) is 1. The second-order valence-corrected chi connectivity index (χ2v) is 4.82. The zero-order chi connectivity index (χ0) is 12.3. The molecule has 0 aromatic heterocycles. The van der Waals surface area contributed by atoms with Gasteiger partial charge in [0.15, 0.2) is 5.78 Å². The van der Waals surface area contributed by atoms with Crippen LogP contribution in [0.3, 0.4) is 0 Å². The molecule has 0 aliphatic heterocycles. The van der Waals surface area contributed by atoms with Gasteiger partial charge < -0.3 is 5.73 Å². The third-order valence-corrected chi connectivity index (χ3v) is 3.26. The molecule has 0 radical (unpaired) electrons. The van der Waals surface area contributed by atoms with Crippen molar-refractivity contribution in [3.05, 3.63) is 34.3 Å². The highest BCUT2D eigenvalue weighted by Crippen LogP contribution is 2.21. The van der Waals surface area contributed by atoms with Crippen LogP contribution in [-0.2, 0) is 0 Å². The summed E-state index contributed by atoms with van der Waals surface area (Å²) in [6, 6.07) is 5.41. The molecule has 2 N–H and O–H groups in total. The Morgan fingerprint density at radius 2 is 2.06 bits per heavy atom. The van der Waals surface area contributed by atoms with Crippen LogP contribution in [0.4, 0.5) is 0 Å². The number of benzene rings is 1. The number of carbonyl (C=O) groups excluding carboxylic acids is 1. The molecular formula is C13H18ClNO. The minimum absolute atomic E-state index is 0.0828. The van der Waals surface area contributed by atoms with Crippen LogP contribution in [-0.4, -0.2) is 12.3 Å². The van der Waals surface area contributed by atoms with Crippen molar-refractivity contribution in [3.8, 4) is 0 Å². The van der Waals surface area contributed by atoms with E-state index in [0.717, 1.165) is 5.56 Å². The number of aryl methyl sites for hydroxylation is 1. The van der Waals surface area contributed by atoms with E-state index in [4.69, 9.17) is 17.3 Å². The van der Waals surface area contributed by atoms with Gasteiger partial charge in [0.1, 0.15) is 0 Å². The van der Waals surface area contributed by atoms with E-state index in [0.29, 0.717) is 17.1 Å². The number of rotatable bonds is 4. The third-order valence-electron chi connectivity index (χ3n) is 2.85. The molecule has 0 saturated heterocycles. The monoisotopic (exact) mass is 239 g/mol. The molecule has 88 valence electrons. The molecule has 0 saturated carbocycles. The van der Waals surface area contributed by atoms with Crippen LogP contribution in [0.5, 0.6) is 0 Å². The van der Waals surface area contributed by atoms with Crippen molar-refractivity contribution in [1.82, 2.24) is 0 Å². The molecule has 3 heteroatoms. The lowest BCUT2D eigenvalue weighted by atomic mass is 9.88. The highest BCUT2D eigenvalue weighted by atomic mass is 35.5. The zero-order valence-electron chi connectivity index (χ0n) is 9.96. The predicted octanol–water partition coefficient (Wildman–Crippen LogP) is 3.06. The van der Waals surface area contributed by atoms with Crippen molar-refractivity contribution >= 4 is 17.4 Å². The molecule has 0 fully saturated rings. The van der Waals surface area contributed by atoms with E-state index in [-0.39, 0.29) is 17.6 Å². The maximum absolute atomic E-state index is 12.1. The SMILES string of the molecule is Cc1ccc(C(=O)C(CN)C(C)C)cc1Cl. The molecule has 16 heavy (non-hydrogen) atoms. The third kappa shape index (κ3) is 2.83. The molecule has 0 aliphatic carbocycles. The van der Waals surface area contributed by atoms with Gasteiger partial charge in [-0.25, -0.2) is 0 Å². The summed E-state index contributed by atoms with van der Waals surface area (Å²) in [6.07, 6.45) is 0. The summed E-state index contributed by atoms with van der Waals surface area (Å²) in [7, 11) is 0. The number of Topliss-reactive ketones (excluding diaryl/α,β-unsaturated/α-hetero) is 1. The van der Waals surface area contributed by atoms with Gasteiger partial charge in [-0.2, -0.15) is 0 Å². The lowest BCUT2D eigenvalue weighted by molar-refractivity contribution is 0.0892. The van der Waals surface area contributed by atoms with Crippen LogP contribution in [0.2, 0.25) is 5.02 Å². The average molecular weight is 240 g/mol. The van der Waals surface area contributed by atoms with Gasteiger partial charge in [-0.15, -0.1) is 0 Å². The first-order valence-electron chi connectivity index (χ1n) is 5.47. The first kappa shape index (κ1) is 13.2. The second kappa shape index (κ2) is 5.46. The van der Waals surface area contributed by atoms with Crippen LogP contribution in [0.25, 0.3) is 0 Å². The minimum atomic E-state index is -0.126. The van der Waals surface area contributed by atoms with Crippen molar-refractivity contribution in [2.24, 2.45) is 17.6 Å². The van der Waals surface area contributed by atoms with Crippen LogP contribution >= 0.6 is 11.6 Å². The van der Waals surface area contributed by atoms with Gasteiger partial charge in [0.05, 0.1) is 0 Å². The van der Waals surface area contributed by atoms with Gasteiger partial charge in [-0.05, 0) is 24.5 Å². The molecule has 0 heterocycles. The first-order chi connectivity index (χ1) is 7.47. The van der Waals surface area contributed by atoms with Crippen molar-refractivity contribution in [2.45, 2.75) is 20.8 Å². The molecule has 1 unspecified atom stereocenters. The molecule has 1 aromatic rings. The van der Waals surface area contributed by atoms with Crippen LogP contribution < -0.4 is 5.73 Å². The second-order valence-electron chi connectivity index (χ2n) is 4.41. The van der Waals surface area contributed by atoms with E-state index in [1.165, 1.54) is 0 Å². The van der Waals surface area contributed by atoms with E-state index in [2.05, 4.69) is 0 Å². The number of halogens is 1. The maximum atomic E-state index is 12.1. The lowest BCUT2D eigenvalue weighted by Gasteiger charge is -2.17. The Labute approximate surface area is 102 Å². The van der Waals surface area contributed by atoms with E-state index in [1.807, 2.05) is 32.9 Å². The van der Waals surface area contributed by atoms with Gasteiger partial charge in [0.25, 0.3) is 0 Å². The molecular weight excluding hydrogens is 222 g/mol. The maximum Gasteiger partial charge on any atom is 0.167 e. The molecule has 1 atom stereocenters. The number of ketones is 1. The summed E-state index contributed by atoms with van der Waals surface area (Å²) in [5, 5.41) is 0.630. The van der Waals surface area contributed by atoms with E-state index >= 15 is 0 Å². The van der Waals surface area contributed by atoms with Crippen LogP contribution in [0.15, 0.2) is 18.2 Å². The summed E-state index contributed by atoms with van der Waals surface area (Å²) in [5.74, 6) is 0.204. The number of hydrogen-bond acceptors (Lipinski definition) is 2. The fourth-order valence-corrected chi connectivity index (χ4v) is 1.82.